The van der Waals surface area contributed by atoms with Crippen LogP contribution in [0.15, 0.2) is 30.3 Å². The molecule has 2 atom stereocenters. The van der Waals surface area contributed by atoms with E-state index in [0.717, 1.165) is 12.5 Å². The van der Waals surface area contributed by atoms with Crippen LogP contribution in [0, 0.1) is 0 Å². The average Bonchev–Trinajstić information content (AvgIpc) is 2.35. The van der Waals surface area contributed by atoms with Crippen LogP contribution in [0.1, 0.15) is 18.9 Å². The van der Waals surface area contributed by atoms with Gasteiger partial charge in [0.05, 0.1) is 0 Å². The van der Waals surface area contributed by atoms with E-state index < -0.39 is 30.2 Å². The highest BCUT2D eigenvalue weighted by Crippen LogP contribution is 2.26. The fourth-order valence-electron chi connectivity index (χ4n) is 1.55. The number of rotatable bonds is 5. The van der Waals surface area contributed by atoms with Crippen molar-refractivity contribution in [2.24, 2.45) is 0 Å². The van der Waals surface area contributed by atoms with E-state index in [1.807, 2.05) is 0 Å². The first-order valence-electron chi connectivity index (χ1n) is 5.92. The van der Waals surface area contributed by atoms with Gasteiger partial charge in [-0.25, -0.2) is 0 Å². The van der Waals surface area contributed by atoms with E-state index in [9.17, 15) is 23.1 Å². The monoisotopic (exact) mass is 291 g/mol. The van der Waals surface area contributed by atoms with E-state index in [0.29, 0.717) is 0 Å². The molecule has 1 aromatic rings. The highest BCUT2D eigenvalue weighted by Gasteiger charge is 2.44. The molecule has 20 heavy (non-hydrogen) atoms. The van der Waals surface area contributed by atoms with Crippen molar-refractivity contribution in [1.29, 1.82) is 0 Å². The Labute approximate surface area is 114 Å². The van der Waals surface area contributed by atoms with Gasteiger partial charge in [-0.1, -0.05) is 30.3 Å². The topological polar surface area (TPSA) is 69.6 Å². The van der Waals surface area contributed by atoms with Gasteiger partial charge in [-0.15, -0.1) is 0 Å². The largest absolute Gasteiger partial charge is 0.414 e. The Kier molecular flexibility index (Phi) is 5.13. The van der Waals surface area contributed by atoms with Crippen LogP contribution in [0.2, 0.25) is 0 Å². The third-order valence-electron chi connectivity index (χ3n) is 2.75. The molecule has 0 saturated heterocycles. The molecule has 1 amide bonds. The summed E-state index contributed by atoms with van der Waals surface area (Å²) in [5, 5.41) is 20.9. The molecule has 1 rings (SSSR count). The highest BCUT2D eigenvalue weighted by atomic mass is 19.4. The summed E-state index contributed by atoms with van der Waals surface area (Å²) < 4.78 is 36.6. The van der Waals surface area contributed by atoms with Gasteiger partial charge in [0, 0.05) is 13.0 Å². The SMILES string of the molecule is C[C@](O)(C[C@@H](O)C(F)(F)F)C(=O)NCc1ccccc1. The summed E-state index contributed by atoms with van der Waals surface area (Å²) in [4.78, 5) is 11.7. The molecule has 0 spiro atoms. The lowest BCUT2D eigenvalue weighted by molar-refractivity contribution is -0.216. The number of carbonyl (C=O) groups is 1. The predicted octanol–water partition coefficient (Wildman–Crippen LogP) is 1.37. The lowest BCUT2D eigenvalue weighted by atomic mass is 9.97. The molecule has 0 aromatic heterocycles. The maximum Gasteiger partial charge on any atom is 0.414 e. The Balaban J connectivity index is 2.57. The van der Waals surface area contributed by atoms with Crippen LogP contribution in [0.25, 0.3) is 0 Å². The summed E-state index contributed by atoms with van der Waals surface area (Å²) >= 11 is 0. The van der Waals surface area contributed by atoms with Crippen LogP contribution in [0.4, 0.5) is 13.2 Å². The molecule has 0 saturated carbocycles. The standard InChI is InChI=1S/C13H16F3NO3/c1-12(20,7-10(18)13(14,15)16)11(19)17-8-9-5-3-2-4-6-9/h2-6,10,18,20H,7-8H2,1H3,(H,17,19)/t10-,12+/m1/s1. The van der Waals surface area contributed by atoms with Crippen molar-refractivity contribution in [3.63, 3.8) is 0 Å². The number of carbonyl (C=O) groups excluding carboxylic acids is 1. The van der Waals surface area contributed by atoms with Crippen molar-refractivity contribution >= 4 is 5.91 Å². The Hall–Kier alpha value is -1.60. The van der Waals surface area contributed by atoms with E-state index in [1.54, 1.807) is 30.3 Å². The van der Waals surface area contributed by atoms with E-state index in [4.69, 9.17) is 5.11 Å². The second-order valence-corrected chi connectivity index (χ2v) is 4.70. The van der Waals surface area contributed by atoms with Crippen molar-refractivity contribution in [2.45, 2.75) is 37.8 Å². The fourth-order valence-corrected chi connectivity index (χ4v) is 1.55. The molecule has 0 aliphatic heterocycles. The number of benzene rings is 1. The Morgan fingerprint density at radius 3 is 2.35 bits per heavy atom. The van der Waals surface area contributed by atoms with Crippen LogP contribution >= 0.6 is 0 Å². The molecule has 7 heteroatoms. The van der Waals surface area contributed by atoms with Crippen LogP contribution in [0.3, 0.4) is 0 Å². The van der Waals surface area contributed by atoms with Gasteiger partial charge >= 0.3 is 6.18 Å². The highest BCUT2D eigenvalue weighted by molar-refractivity contribution is 5.84. The van der Waals surface area contributed by atoms with E-state index in [2.05, 4.69) is 5.32 Å². The third kappa shape index (κ3) is 4.82. The first kappa shape index (κ1) is 16.5. The minimum atomic E-state index is -4.87. The van der Waals surface area contributed by atoms with Crippen molar-refractivity contribution < 1.29 is 28.2 Å². The van der Waals surface area contributed by atoms with E-state index in [1.165, 1.54) is 0 Å². The Bertz CT molecular complexity index is 446. The maximum atomic E-state index is 12.2. The van der Waals surface area contributed by atoms with Gasteiger partial charge in [0.1, 0.15) is 5.60 Å². The van der Waals surface area contributed by atoms with Gasteiger partial charge in [0.25, 0.3) is 5.91 Å². The maximum absolute atomic E-state index is 12.2. The van der Waals surface area contributed by atoms with Crippen LogP contribution in [0.5, 0.6) is 0 Å². The molecule has 0 aliphatic carbocycles. The van der Waals surface area contributed by atoms with Gasteiger partial charge in [-0.2, -0.15) is 13.2 Å². The zero-order valence-corrected chi connectivity index (χ0v) is 10.8. The predicted molar refractivity (Wildman–Crippen MR) is 65.6 cm³/mol. The van der Waals surface area contributed by atoms with Crippen molar-refractivity contribution in [2.75, 3.05) is 0 Å². The minimum Gasteiger partial charge on any atom is -0.384 e. The summed E-state index contributed by atoms with van der Waals surface area (Å²) in [6.45, 7) is 1.01. The summed E-state index contributed by atoms with van der Waals surface area (Å²) in [7, 11) is 0. The second-order valence-electron chi connectivity index (χ2n) is 4.70. The van der Waals surface area contributed by atoms with Gasteiger partial charge in [0.2, 0.25) is 0 Å². The van der Waals surface area contributed by atoms with Gasteiger partial charge in [-0.3, -0.25) is 4.79 Å². The second kappa shape index (κ2) is 6.23. The number of alkyl halides is 3. The first-order chi connectivity index (χ1) is 9.13. The van der Waals surface area contributed by atoms with E-state index >= 15 is 0 Å². The molecule has 0 fully saturated rings. The zero-order valence-electron chi connectivity index (χ0n) is 10.8. The Morgan fingerprint density at radius 1 is 1.30 bits per heavy atom. The van der Waals surface area contributed by atoms with Crippen molar-refractivity contribution in [1.82, 2.24) is 5.32 Å². The summed E-state index contributed by atoms with van der Waals surface area (Å²) in [5.41, 5.74) is -1.56. The number of aliphatic hydroxyl groups excluding tert-OH is 1. The van der Waals surface area contributed by atoms with Crippen LogP contribution in [-0.4, -0.2) is 34.0 Å². The van der Waals surface area contributed by atoms with Gasteiger partial charge in [-0.05, 0) is 12.5 Å². The molecule has 0 unspecified atom stereocenters. The van der Waals surface area contributed by atoms with Crippen molar-refractivity contribution in [3.05, 3.63) is 35.9 Å². The molecule has 0 heterocycles. The van der Waals surface area contributed by atoms with Crippen LogP contribution < -0.4 is 5.32 Å². The zero-order chi connectivity index (χ0) is 15.4. The molecular weight excluding hydrogens is 275 g/mol. The molecule has 112 valence electrons. The van der Waals surface area contributed by atoms with E-state index in [-0.39, 0.29) is 6.54 Å². The Morgan fingerprint density at radius 2 is 1.85 bits per heavy atom. The van der Waals surface area contributed by atoms with Crippen LogP contribution in [-0.2, 0) is 11.3 Å². The summed E-state index contributed by atoms with van der Waals surface area (Å²) in [5.74, 6) is -0.968. The third-order valence-corrected chi connectivity index (χ3v) is 2.75. The fraction of sp³-hybridized carbons (Fsp3) is 0.462. The van der Waals surface area contributed by atoms with Crippen molar-refractivity contribution in [3.8, 4) is 0 Å². The normalized spacial score (nSPS) is 16.3. The molecule has 0 bridgehead atoms. The lowest BCUT2D eigenvalue weighted by Crippen LogP contribution is -2.48. The number of hydrogen-bond donors (Lipinski definition) is 3. The quantitative estimate of drug-likeness (QED) is 0.767. The van der Waals surface area contributed by atoms with Gasteiger partial charge < -0.3 is 15.5 Å². The average molecular weight is 291 g/mol. The number of amides is 1. The smallest absolute Gasteiger partial charge is 0.384 e. The molecule has 4 nitrogen and oxygen atoms in total. The molecule has 0 aliphatic rings. The first-order valence-corrected chi connectivity index (χ1v) is 5.92. The minimum absolute atomic E-state index is 0.0813. The molecule has 1 aromatic carbocycles. The number of halogens is 3. The number of aliphatic hydroxyl groups is 2. The molecule has 3 N–H and O–H groups in total. The van der Waals surface area contributed by atoms with Gasteiger partial charge in [0.15, 0.2) is 6.10 Å². The summed E-state index contributed by atoms with van der Waals surface area (Å²) in [6.07, 6.45) is -8.74. The summed E-state index contributed by atoms with van der Waals surface area (Å²) in [6, 6.07) is 8.71. The number of hydrogen-bond acceptors (Lipinski definition) is 3. The lowest BCUT2D eigenvalue weighted by Gasteiger charge is -2.26. The number of nitrogens with one attached hydrogen (secondary N) is 1. The molecule has 0 radical (unpaired) electrons. The molecular formula is C13H16F3NO3.